The first-order valence-corrected chi connectivity index (χ1v) is 10.6. The van der Waals surface area contributed by atoms with Gasteiger partial charge in [0.1, 0.15) is 5.60 Å². The number of nitrogens with zero attached hydrogens (tertiary/aromatic N) is 1. The van der Waals surface area contributed by atoms with Gasteiger partial charge in [-0.05, 0) is 44.7 Å². The minimum absolute atomic E-state index is 0.0463. The van der Waals surface area contributed by atoms with Crippen LogP contribution in [0.15, 0.2) is 41.4 Å². The van der Waals surface area contributed by atoms with E-state index in [4.69, 9.17) is 14.5 Å². The Morgan fingerprint density at radius 1 is 1.00 bits per heavy atom. The molecule has 2 aliphatic heterocycles. The zero-order valence-electron chi connectivity index (χ0n) is 17.2. The fourth-order valence-electron chi connectivity index (χ4n) is 5.35. The van der Waals surface area contributed by atoms with Gasteiger partial charge in [0.15, 0.2) is 11.5 Å². The first-order valence-electron chi connectivity index (χ1n) is 10.6. The van der Waals surface area contributed by atoms with Crippen LogP contribution < -0.4 is 9.47 Å². The van der Waals surface area contributed by atoms with Crippen LogP contribution in [0.4, 0.5) is 0 Å². The second kappa shape index (κ2) is 6.37. The van der Waals surface area contributed by atoms with Crippen molar-refractivity contribution in [2.45, 2.75) is 69.9 Å². The summed E-state index contributed by atoms with van der Waals surface area (Å²) in [6, 6.07) is 12.9. The Bertz CT molecular complexity index is 937. The molecule has 5 rings (SSSR count). The molecule has 0 amide bonds. The first kappa shape index (κ1) is 17.8. The Hall–Kier alpha value is -2.29. The van der Waals surface area contributed by atoms with Gasteiger partial charge in [0, 0.05) is 23.1 Å². The number of ether oxygens (including phenoxy) is 2. The molecule has 2 heterocycles. The van der Waals surface area contributed by atoms with Crippen molar-refractivity contribution in [3.05, 3.63) is 58.7 Å². The molecule has 3 heteroatoms. The molecule has 0 saturated heterocycles. The molecule has 1 saturated carbocycles. The van der Waals surface area contributed by atoms with Gasteiger partial charge in [-0.3, -0.25) is 4.99 Å². The van der Waals surface area contributed by atoms with Crippen LogP contribution in [0, 0.1) is 0 Å². The highest BCUT2D eigenvalue weighted by Crippen LogP contribution is 2.49. The Labute approximate surface area is 167 Å². The zero-order valence-corrected chi connectivity index (χ0v) is 17.2. The highest BCUT2D eigenvalue weighted by Gasteiger charge is 2.42. The van der Waals surface area contributed by atoms with Crippen molar-refractivity contribution in [3.63, 3.8) is 0 Å². The van der Waals surface area contributed by atoms with E-state index >= 15 is 0 Å². The zero-order chi connectivity index (χ0) is 19.4. The molecule has 1 spiro atoms. The molecule has 1 aliphatic carbocycles. The summed E-state index contributed by atoms with van der Waals surface area (Å²) in [6.45, 7) is 4.31. The lowest BCUT2D eigenvalue weighted by Gasteiger charge is -2.39. The normalized spacial score (nSPS) is 21.5. The fourth-order valence-corrected chi connectivity index (χ4v) is 5.35. The molecule has 0 N–H and O–H groups in total. The Morgan fingerprint density at radius 2 is 1.75 bits per heavy atom. The maximum absolute atomic E-state index is 6.32. The lowest BCUT2D eigenvalue weighted by molar-refractivity contribution is 0.134. The van der Waals surface area contributed by atoms with Crippen molar-refractivity contribution in [2.24, 2.45) is 4.99 Å². The standard InChI is InChI=1S/C25H29NO2/c1-24(2)16-19-21-18(14-20(27-3)23(19)28-24)15-25(12-8-5-9-13-25)26-22(21)17-10-6-4-7-11-17/h4,6-7,10-11,14H,5,8-9,12-13,15-16H2,1-3H3. The highest BCUT2D eigenvalue weighted by molar-refractivity contribution is 6.16. The van der Waals surface area contributed by atoms with E-state index in [0.29, 0.717) is 0 Å². The Morgan fingerprint density at radius 3 is 2.46 bits per heavy atom. The van der Waals surface area contributed by atoms with Crippen LogP contribution >= 0.6 is 0 Å². The van der Waals surface area contributed by atoms with Crippen molar-refractivity contribution in [3.8, 4) is 11.5 Å². The summed E-state index contributed by atoms with van der Waals surface area (Å²) in [5, 5.41) is 0. The third-order valence-electron chi connectivity index (χ3n) is 6.56. The Kier molecular flexibility index (Phi) is 4.04. The lowest BCUT2D eigenvalue weighted by Crippen LogP contribution is -2.38. The van der Waals surface area contributed by atoms with Crippen LogP contribution in [0.3, 0.4) is 0 Å². The summed E-state index contributed by atoms with van der Waals surface area (Å²) in [6.07, 6.45) is 8.16. The minimum Gasteiger partial charge on any atom is -0.493 e. The fraction of sp³-hybridized carbons (Fsp3) is 0.480. The number of rotatable bonds is 2. The van der Waals surface area contributed by atoms with Gasteiger partial charge >= 0.3 is 0 Å². The average Bonchev–Trinajstić information content (AvgIpc) is 3.03. The molecule has 3 nitrogen and oxygen atoms in total. The molecular formula is C25H29NO2. The second-order valence-corrected chi connectivity index (χ2v) is 9.25. The minimum atomic E-state index is -0.216. The molecule has 0 aromatic heterocycles. The van der Waals surface area contributed by atoms with E-state index in [0.717, 1.165) is 30.1 Å². The quantitative estimate of drug-likeness (QED) is 0.693. The van der Waals surface area contributed by atoms with E-state index in [1.807, 2.05) is 0 Å². The molecular weight excluding hydrogens is 346 g/mol. The summed E-state index contributed by atoms with van der Waals surface area (Å²) in [7, 11) is 1.75. The van der Waals surface area contributed by atoms with Crippen LogP contribution in [0.2, 0.25) is 0 Å². The van der Waals surface area contributed by atoms with Crippen molar-refractivity contribution in [2.75, 3.05) is 7.11 Å². The highest BCUT2D eigenvalue weighted by atomic mass is 16.5. The van der Waals surface area contributed by atoms with Gasteiger partial charge in [-0.1, -0.05) is 49.6 Å². The molecule has 0 unspecified atom stereocenters. The van der Waals surface area contributed by atoms with Crippen molar-refractivity contribution >= 4 is 5.71 Å². The number of fused-ring (bicyclic) bond motifs is 3. The molecule has 0 atom stereocenters. The first-order chi connectivity index (χ1) is 13.5. The second-order valence-electron chi connectivity index (χ2n) is 9.25. The predicted octanol–water partition coefficient (Wildman–Crippen LogP) is 5.51. The van der Waals surface area contributed by atoms with Crippen molar-refractivity contribution in [1.82, 2.24) is 0 Å². The number of hydrogen-bond donors (Lipinski definition) is 0. The number of benzene rings is 2. The van der Waals surface area contributed by atoms with Crippen LogP contribution in [-0.4, -0.2) is 24.0 Å². The topological polar surface area (TPSA) is 30.8 Å². The number of hydrogen-bond acceptors (Lipinski definition) is 3. The van der Waals surface area contributed by atoms with Crippen molar-refractivity contribution in [1.29, 1.82) is 0 Å². The van der Waals surface area contributed by atoms with Gasteiger partial charge in [0.25, 0.3) is 0 Å². The van der Waals surface area contributed by atoms with Crippen LogP contribution in [0.25, 0.3) is 0 Å². The van der Waals surface area contributed by atoms with E-state index in [-0.39, 0.29) is 11.1 Å². The van der Waals surface area contributed by atoms with E-state index in [9.17, 15) is 0 Å². The largest absolute Gasteiger partial charge is 0.493 e. The van der Waals surface area contributed by atoms with E-state index in [1.54, 1.807) is 7.11 Å². The van der Waals surface area contributed by atoms with E-state index < -0.39 is 0 Å². The van der Waals surface area contributed by atoms with Crippen molar-refractivity contribution < 1.29 is 9.47 Å². The van der Waals surface area contributed by atoms with Gasteiger partial charge in [-0.2, -0.15) is 0 Å². The summed E-state index contributed by atoms with van der Waals surface area (Å²) < 4.78 is 12.1. The summed E-state index contributed by atoms with van der Waals surface area (Å²) in [5.41, 5.74) is 6.15. The number of aliphatic imine (C=N–C) groups is 1. The molecule has 2 aromatic carbocycles. The smallest absolute Gasteiger partial charge is 0.166 e. The molecule has 3 aliphatic rings. The van der Waals surface area contributed by atoms with Gasteiger partial charge < -0.3 is 9.47 Å². The SMILES string of the molecule is COc1cc2c(c3c1OC(C)(C)C3)C(c1ccccc1)=NC1(CCCCC1)C2. The summed E-state index contributed by atoms with van der Waals surface area (Å²) in [4.78, 5) is 5.49. The monoisotopic (exact) mass is 375 g/mol. The van der Waals surface area contributed by atoms with E-state index in [1.165, 1.54) is 54.4 Å². The molecule has 0 bridgehead atoms. The van der Waals surface area contributed by atoms with Gasteiger partial charge in [0.2, 0.25) is 0 Å². The van der Waals surface area contributed by atoms with Gasteiger partial charge in [0.05, 0.1) is 18.4 Å². The maximum atomic E-state index is 6.32. The predicted molar refractivity (Wildman–Crippen MR) is 113 cm³/mol. The van der Waals surface area contributed by atoms with E-state index in [2.05, 4.69) is 50.2 Å². The molecule has 2 aromatic rings. The lowest BCUT2D eigenvalue weighted by atomic mass is 9.73. The van der Waals surface area contributed by atoms with Crippen LogP contribution in [0.5, 0.6) is 11.5 Å². The van der Waals surface area contributed by atoms with Gasteiger partial charge in [-0.25, -0.2) is 0 Å². The molecule has 28 heavy (non-hydrogen) atoms. The third-order valence-corrected chi connectivity index (χ3v) is 6.56. The molecule has 0 radical (unpaired) electrons. The van der Waals surface area contributed by atoms with Gasteiger partial charge in [-0.15, -0.1) is 0 Å². The van der Waals surface area contributed by atoms with Crippen LogP contribution in [-0.2, 0) is 12.8 Å². The third kappa shape index (κ3) is 2.83. The Balaban J connectivity index is 1.75. The molecule has 146 valence electrons. The summed E-state index contributed by atoms with van der Waals surface area (Å²) in [5.74, 6) is 1.79. The maximum Gasteiger partial charge on any atom is 0.166 e. The average molecular weight is 376 g/mol. The molecule has 1 fully saturated rings. The summed E-state index contributed by atoms with van der Waals surface area (Å²) >= 11 is 0. The van der Waals surface area contributed by atoms with Crippen LogP contribution in [0.1, 0.15) is 68.2 Å². The number of methoxy groups -OCH3 is 1.